The monoisotopic (exact) mass is 357 g/mol. The normalized spacial score (nSPS) is 17.3. The molecule has 2 rings (SSSR count). The van der Waals surface area contributed by atoms with Crippen molar-refractivity contribution < 1.29 is 19.7 Å². The van der Waals surface area contributed by atoms with Crippen LogP contribution in [0.1, 0.15) is 31.9 Å². The van der Waals surface area contributed by atoms with Crippen molar-refractivity contribution in [3.8, 4) is 0 Å². The Bertz CT molecular complexity index is 547. The predicted octanol–water partition coefficient (Wildman–Crippen LogP) is 2.38. The molecule has 116 valence electrons. The second-order valence-corrected chi connectivity index (χ2v) is 7.19. The third-order valence-electron chi connectivity index (χ3n) is 3.31. The van der Waals surface area contributed by atoms with Crippen LogP contribution in [0.25, 0.3) is 0 Å². The van der Waals surface area contributed by atoms with Crippen LogP contribution in [-0.2, 0) is 16.9 Å². The lowest BCUT2D eigenvalue weighted by Gasteiger charge is -2.46. The van der Waals surface area contributed by atoms with Crippen molar-refractivity contribution in [3.63, 3.8) is 0 Å². The Morgan fingerprint density at radius 3 is 2.57 bits per heavy atom. The minimum atomic E-state index is -1.08. The van der Waals surface area contributed by atoms with Crippen molar-refractivity contribution in [2.45, 2.75) is 38.6 Å². The van der Waals surface area contributed by atoms with E-state index in [-0.39, 0.29) is 19.7 Å². The van der Waals surface area contributed by atoms with E-state index in [9.17, 15) is 15.0 Å². The number of likely N-dealkylation sites (tertiary alicyclic amines) is 1. The van der Waals surface area contributed by atoms with Gasteiger partial charge in [0.15, 0.2) is 0 Å². The van der Waals surface area contributed by atoms with E-state index in [1.54, 1.807) is 39.0 Å². The van der Waals surface area contributed by atoms with Crippen molar-refractivity contribution >= 4 is 22.0 Å². The van der Waals surface area contributed by atoms with Crippen LogP contribution in [0.5, 0.6) is 0 Å². The molecule has 0 aliphatic carbocycles. The summed E-state index contributed by atoms with van der Waals surface area (Å²) in [6.45, 7) is 5.68. The van der Waals surface area contributed by atoms with Crippen molar-refractivity contribution in [3.05, 3.63) is 33.8 Å². The van der Waals surface area contributed by atoms with Crippen LogP contribution in [0.15, 0.2) is 22.7 Å². The Morgan fingerprint density at radius 2 is 2.05 bits per heavy atom. The molecule has 0 saturated carbocycles. The molecule has 1 heterocycles. The highest BCUT2D eigenvalue weighted by Crippen LogP contribution is 2.34. The van der Waals surface area contributed by atoms with Crippen molar-refractivity contribution in [1.82, 2.24) is 4.90 Å². The lowest BCUT2D eigenvalue weighted by Crippen LogP contribution is -2.61. The molecule has 21 heavy (non-hydrogen) atoms. The Labute approximate surface area is 132 Å². The molecule has 1 aliphatic rings. The number of hydrogen-bond acceptors (Lipinski definition) is 4. The Balaban J connectivity index is 2.06. The molecule has 6 heteroatoms. The van der Waals surface area contributed by atoms with E-state index < -0.39 is 17.3 Å². The van der Waals surface area contributed by atoms with Gasteiger partial charge in [-0.25, -0.2) is 4.79 Å². The highest BCUT2D eigenvalue weighted by molar-refractivity contribution is 9.10. The van der Waals surface area contributed by atoms with Crippen LogP contribution in [0.3, 0.4) is 0 Å². The van der Waals surface area contributed by atoms with Crippen LogP contribution in [0, 0.1) is 0 Å². The Kier molecular flexibility index (Phi) is 4.33. The van der Waals surface area contributed by atoms with Gasteiger partial charge in [0.2, 0.25) is 0 Å². The van der Waals surface area contributed by atoms with E-state index in [1.165, 1.54) is 4.90 Å². The second-order valence-electron chi connectivity index (χ2n) is 6.33. The average molecular weight is 358 g/mol. The fourth-order valence-corrected chi connectivity index (χ4v) is 2.58. The minimum absolute atomic E-state index is 0.111. The van der Waals surface area contributed by atoms with Crippen LogP contribution in [-0.4, -0.2) is 39.9 Å². The zero-order valence-corrected chi connectivity index (χ0v) is 14.0. The van der Waals surface area contributed by atoms with Crippen LogP contribution < -0.4 is 0 Å². The summed E-state index contributed by atoms with van der Waals surface area (Å²) in [5.74, 6) is 0. The molecule has 1 fully saturated rings. The first-order valence-electron chi connectivity index (χ1n) is 6.75. The van der Waals surface area contributed by atoms with E-state index in [2.05, 4.69) is 15.9 Å². The van der Waals surface area contributed by atoms with Gasteiger partial charge in [-0.3, -0.25) is 0 Å². The quantitative estimate of drug-likeness (QED) is 0.852. The highest BCUT2D eigenvalue weighted by atomic mass is 79.9. The van der Waals surface area contributed by atoms with Crippen molar-refractivity contribution in [1.29, 1.82) is 0 Å². The summed E-state index contributed by atoms with van der Waals surface area (Å²) in [4.78, 5) is 13.3. The number of hydrogen-bond donors (Lipinski definition) is 2. The predicted molar refractivity (Wildman–Crippen MR) is 81.8 cm³/mol. The maximum atomic E-state index is 11.9. The molecule has 0 atom stereocenters. The minimum Gasteiger partial charge on any atom is -0.444 e. The number of β-amino-alcohol motifs (C(OH)–C–C–N with tert-alkyl or cyclic N) is 1. The Hall–Kier alpha value is -1.11. The van der Waals surface area contributed by atoms with Crippen LogP contribution >= 0.6 is 15.9 Å². The van der Waals surface area contributed by atoms with Gasteiger partial charge in [-0.05, 0) is 44.0 Å². The van der Waals surface area contributed by atoms with Gasteiger partial charge in [-0.15, -0.1) is 0 Å². The van der Waals surface area contributed by atoms with E-state index in [0.29, 0.717) is 11.1 Å². The lowest BCUT2D eigenvalue weighted by atomic mass is 9.85. The number of carbonyl (C=O) groups is 1. The molecule has 0 unspecified atom stereocenters. The molecule has 1 amide bonds. The summed E-state index contributed by atoms with van der Waals surface area (Å²) in [6, 6.07) is 5.32. The number of nitrogens with zero attached hydrogens (tertiary/aromatic N) is 1. The first-order valence-corrected chi connectivity index (χ1v) is 7.54. The SMILES string of the molecule is CC(C)(C)OC(=O)N1CC(O)(c2ccc(Br)c(CO)c2)C1. The fraction of sp³-hybridized carbons (Fsp3) is 0.533. The molecule has 1 saturated heterocycles. The van der Waals surface area contributed by atoms with Crippen LogP contribution in [0.2, 0.25) is 0 Å². The van der Waals surface area contributed by atoms with Crippen molar-refractivity contribution in [2.75, 3.05) is 13.1 Å². The van der Waals surface area contributed by atoms with E-state index >= 15 is 0 Å². The molecule has 0 aromatic heterocycles. The zero-order chi connectivity index (χ0) is 15.8. The summed E-state index contributed by atoms with van der Waals surface area (Å²) in [5.41, 5.74) is -0.236. The number of rotatable bonds is 2. The number of aliphatic hydroxyl groups is 2. The molecule has 1 aliphatic heterocycles. The van der Waals surface area contributed by atoms with Gasteiger partial charge in [0.25, 0.3) is 0 Å². The molecular formula is C15H20BrNO4. The molecule has 1 aromatic carbocycles. The number of ether oxygens (including phenoxy) is 1. The number of aliphatic hydroxyl groups excluding tert-OH is 1. The molecule has 2 N–H and O–H groups in total. The largest absolute Gasteiger partial charge is 0.444 e. The molecular weight excluding hydrogens is 338 g/mol. The molecule has 1 aromatic rings. The fourth-order valence-electron chi connectivity index (χ4n) is 2.21. The Morgan fingerprint density at radius 1 is 1.43 bits per heavy atom. The first-order chi connectivity index (χ1) is 9.64. The van der Waals surface area contributed by atoms with E-state index in [4.69, 9.17) is 4.74 Å². The molecule has 0 radical (unpaired) electrons. The summed E-state index contributed by atoms with van der Waals surface area (Å²) in [6.07, 6.45) is -0.424. The highest BCUT2D eigenvalue weighted by Gasteiger charge is 2.46. The van der Waals surface area contributed by atoms with Gasteiger partial charge in [-0.2, -0.15) is 0 Å². The van der Waals surface area contributed by atoms with E-state index in [0.717, 1.165) is 4.47 Å². The van der Waals surface area contributed by atoms with Gasteiger partial charge in [-0.1, -0.05) is 22.0 Å². The average Bonchev–Trinajstić information content (AvgIpc) is 2.33. The summed E-state index contributed by atoms with van der Waals surface area (Å²) in [7, 11) is 0. The van der Waals surface area contributed by atoms with Gasteiger partial charge in [0.1, 0.15) is 11.2 Å². The lowest BCUT2D eigenvalue weighted by molar-refractivity contribution is -0.103. The maximum Gasteiger partial charge on any atom is 0.410 e. The van der Waals surface area contributed by atoms with Crippen LogP contribution in [0.4, 0.5) is 4.79 Å². The molecule has 0 spiro atoms. The standard InChI is InChI=1S/C15H20BrNO4/c1-14(2,3)21-13(19)17-8-15(20,9-17)11-4-5-12(16)10(6-11)7-18/h4-6,18,20H,7-9H2,1-3H3. The van der Waals surface area contributed by atoms with Gasteiger partial charge >= 0.3 is 6.09 Å². The van der Waals surface area contributed by atoms with E-state index in [1.807, 2.05) is 0 Å². The maximum absolute atomic E-state index is 11.9. The third-order valence-corrected chi connectivity index (χ3v) is 4.08. The third kappa shape index (κ3) is 3.56. The zero-order valence-electron chi connectivity index (χ0n) is 12.4. The van der Waals surface area contributed by atoms with Gasteiger partial charge in [0.05, 0.1) is 19.7 Å². The number of benzene rings is 1. The molecule has 5 nitrogen and oxygen atoms in total. The smallest absolute Gasteiger partial charge is 0.410 e. The summed E-state index contributed by atoms with van der Waals surface area (Å²) >= 11 is 3.34. The summed E-state index contributed by atoms with van der Waals surface area (Å²) in [5, 5.41) is 19.8. The second kappa shape index (κ2) is 5.59. The topological polar surface area (TPSA) is 70.0 Å². The summed E-state index contributed by atoms with van der Waals surface area (Å²) < 4.78 is 6.06. The first kappa shape index (κ1) is 16.3. The number of carbonyl (C=O) groups excluding carboxylic acids is 1. The van der Waals surface area contributed by atoms with Gasteiger partial charge < -0.3 is 19.8 Å². The number of amides is 1. The van der Waals surface area contributed by atoms with Crippen molar-refractivity contribution in [2.24, 2.45) is 0 Å². The van der Waals surface area contributed by atoms with Gasteiger partial charge in [0, 0.05) is 4.47 Å². The number of halogens is 1. The molecule has 0 bridgehead atoms.